The molecule has 11 heteroatoms. The van der Waals surface area contributed by atoms with Crippen molar-refractivity contribution in [3.63, 3.8) is 0 Å². The van der Waals surface area contributed by atoms with Crippen LogP contribution in [0.15, 0.2) is 0 Å². The standard InChI is InChI=1S/C15H25N5O5S/c21-14(13-2-1-11-7-19(13)15(22)20(11)25-26)17-24-8-10-5-12(6-16-10)18-3-4-23-9-18/h10-13,16,26H,1-9H2,(H,17,21)/t10-,11?,12+,13?/m0/s1. The van der Waals surface area contributed by atoms with E-state index in [-0.39, 0.29) is 24.0 Å². The molecule has 0 saturated carbocycles. The zero-order valence-corrected chi connectivity index (χ0v) is 15.4. The van der Waals surface area contributed by atoms with Gasteiger partial charge in [0.25, 0.3) is 5.91 Å². The van der Waals surface area contributed by atoms with Crippen molar-refractivity contribution in [1.29, 1.82) is 0 Å². The molecule has 4 aliphatic heterocycles. The second-order valence-corrected chi connectivity index (χ2v) is 7.37. The average molecular weight is 387 g/mol. The van der Waals surface area contributed by atoms with Crippen molar-refractivity contribution in [3.8, 4) is 0 Å². The van der Waals surface area contributed by atoms with Gasteiger partial charge in [-0.15, -0.1) is 0 Å². The summed E-state index contributed by atoms with van der Waals surface area (Å²) in [5, 5.41) is 4.64. The number of amides is 3. The molecular formula is C15H25N5O5S. The lowest BCUT2D eigenvalue weighted by atomic mass is 10.0. The summed E-state index contributed by atoms with van der Waals surface area (Å²) >= 11 is 3.72. The summed E-state index contributed by atoms with van der Waals surface area (Å²) in [5.74, 6) is -0.291. The number of piperidine rings is 1. The summed E-state index contributed by atoms with van der Waals surface area (Å²) in [6, 6.07) is -0.252. The third-order valence-electron chi connectivity index (χ3n) is 5.67. The van der Waals surface area contributed by atoms with Crippen molar-refractivity contribution in [2.24, 2.45) is 0 Å². The van der Waals surface area contributed by atoms with Crippen LogP contribution in [-0.2, 0) is 18.7 Å². The van der Waals surface area contributed by atoms with E-state index in [4.69, 9.17) is 13.9 Å². The van der Waals surface area contributed by atoms with Crippen LogP contribution in [0.25, 0.3) is 0 Å². The Balaban J connectivity index is 1.21. The van der Waals surface area contributed by atoms with Crippen molar-refractivity contribution in [1.82, 2.24) is 25.7 Å². The molecule has 4 aliphatic rings. The normalized spacial score (nSPS) is 34.7. The molecule has 2 N–H and O–H groups in total. The first-order chi connectivity index (χ1) is 12.7. The maximum atomic E-state index is 12.4. The highest BCUT2D eigenvalue weighted by Gasteiger charge is 2.48. The number of hydroxylamine groups is 3. The van der Waals surface area contributed by atoms with Crippen LogP contribution >= 0.6 is 12.9 Å². The van der Waals surface area contributed by atoms with E-state index in [0.29, 0.717) is 38.8 Å². The van der Waals surface area contributed by atoms with Crippen LogP contribution in [0.1, 0.15) is 19.3 Å². The zero-order chi connectivity index (χ0) is 18.1. The average Bonchev–Trinajstić information content (AvgIpc) is 3.37. The topological polar surface area (TPSA) is 95.6 Å². The fraction of sp³-hybridized carbons (Fsp3) is 0.867. The number of carbonyl (C=O) groups is 2. The molecular weight excluding hydrogens is 362 g/mol. The molecule has 4 rings (SSSR count). The number of thiol groups is 1. The summed E-state index contributed by atoms with van der Waals surface area (Å²) in [7, 11) is 0. The van der Waals surface area contributed by atoms with Gasteiger partial charge < -0.3 is 15.0 Å². The number of fused-ring (bicyclic) bond motifs is 2. The van der Waals surface area contributed by atoms with Crippen LogP contribution < -0.4 is 10.8 Å². The molecule has 2 unspecified atom stereocenters. The monoisotopic (exact) mass is 387 g/mol. The number of nitrogens with one attached hydrogen (secondary N) is 2. The molecule has 0 aliphatic carbocycles. The van der Waals surface area contributed by atoms with Gasteiger partial charge in [-0.2, -0.15) is 5.06 Å². The van der Waals surface area contributed by atoms with Crippen molar-refractivity contribution >= 4 is 24.8 Å². The van der Waals surface area contributed by atoms with Crippen LogP contribution in [0.5, 0.6) is 0 Å². The van der Waals surface area contributed by atoms with Gasteiger partial charge in [-0.3, -0.25) is 14.5 Å². The van der Waals surface area contributed by atoms with Crippen LogP contribution in [0.3, 0.4) is 0 Å². The Bertz CT molecular complexity index is 549. The number of hydrogen-bond donors (Lipinski definition) is 3. The second kappa shape index (κ2) is 7.87. The van der Waals surface area contributed by atoms with Gasteiger partial charge in [0.2, 0.25) is 0 Å². The maximum Gasteiger partial charge on any atom is 0.345 e. The van der Waals surface area contributed by atoms with E-state index >= 15 is 0 Å². The first-order valence-corrected chi connectivity index (χ1v) is 9.42. The summed E-state index contributed by atoms with van der Waals surface area (Å²) in [6.07, 6.45) is 2.24. The van der Waals surface area contributed by atoms with E-state index in [1.807, 2.05) is 0 Å². The highest BCUT2D eigenvalue weighted by molar-refractivity contribution is 7.75. The fourth-order valence-electron chi connectivity index (χ4n) is 4.21. The van der Waals surface area contributed by atoms with Gasteiger partial charge in [0.15, 0.2) is 0 Å². The lowest BCUT2D eigenvalue weighted by Crippen LogP contribution is -2.50. The Labute approximate surface area is 157 Å². The lowest BCUT2D eigenvalue weighted by Gasteiger charge is -2.29. The molecule has 4 atom stereocenters. The van der Waals surface area contributed by atoms with E-state index in [9.17, 15) is 9.59 Å². The summed E-state index contributed by atoms with van der Waals surface area (Å²) in [6.45, 7) is 4.22. The molecule has 0 aromatic rings. The van der Waals surface area contributed by atoms with Gasteiger partial charge in [0.05, 0.1) is 26.0 Å². The predicted octanol–water partition coefficient (Wildman–Crippen LogP) is -0.901. The van der Waals surface area contributed by atoms with E-state index < -0.39 is 6.04 Å². The molecule has 4 fully saturated rings. The minimum absolute atomic E-state index is 0.0424. The van der Waals surface area contributed by atoms with Gasteiger partial charge in [-0.25, -0.2) is 14.6 Å². The Morgan fingerprint density at radius 3 is 3.04 bits per heavy atom. The fourth-order valence-corrected chi connectivity index (χ4v) is 4.42. The first kappa shape index (κ1) is 18.3. The van der Waals surface area contributed by atoms with Crippen molar-refractivity contribution < 1.29 is 23.4 Å². The summed E-state index contributed by atoms with van der Waals surface area (Å²) in [4.78, 5) is 33.9. The van der Waals surface area contributed by atoms with Crippen LogP contribution in [-0.4, -0.2) is 90.5 Å². The number of urea groups is 1. The second-order valence-electron chi connectivity index (χ2n) is 7.21. The van der Waals surface area contributed by atoms with E-state index in [2.05, 4.69) is 28.6 Å². The Morgan fingerprint density at radius 2 is 2.27 bits per heavy atom. The summed E-state index contributed by atoms with van der Waals surface area (Å²) < 4.78 is 10.2. The van der Waals surface area contributed by atoms with Crippen molar-refractivity contribution in [3.05, 3.63) is 0 Å². The molecule has 146 valence electrons. The molecule has 0 aromatic carbocycles. The number of hydrogen-bond acceptors (Lipinski definition) is 8. The van der Waals surface area contributed by atoms with Gasteiger partial charge in [-0.1, -0.05) is 0 Å². The Morgan fingerprint density at radius 1 is 1.38 bits per heavy atom. The molecule has 3 amide bonds. The van der Waals surface area contributed by atoms with Gasteiger partial charge >= 0.3 is 6.03 Å². The van der Waals surface area contributed by atoms with Gasteiger partial charge in [0.1, 0.15) is 6.04 Å². The number of rotatable bonds is 6. The highest BCUT2D eigenvalue weighted by Crippen LogP contribution is 2.30. The van der Waals surface area contributed by atoms with E-state index in [1.54, 1.807) is 0 Å². The minimum atomic E-state index is -0.529. The van der Waals surface area contributed by atoms with Crippen LogP contribution in [0, 0.1) is 0 Å². The molecule has 0 radical (unpaired) electrons. The number of carbonyl (C=O) groups excluding carboxylic acids is 2. The Hall–Kier alpha value is -1.11. The predicted molar refractivity (Wildman–Crippen MR) is 92.6 cm³/mol. The smallest absolute Gasteiger partial charge is 0.345 e. The quantitative estimate of drug-likeness (QED) is 0.309. The molecule has 26 heavy (non-hydrogen) atoms. The molecule has 4 heterocycles. The molecule has 0 aromatic heterocycles. The third-order valence-corrected chi connectivity index (χ3v) is 5.84. The van der Waals surface area contributed by atoms with Crippen LogP contribution in [0.2, 0.25) is 0 Å². The maximum absolute atomic E-state index is 12.4. The lowest BCUT2D eigenvalue weighted by molar-refractivity contribution is -0.139. The molecule has 10 nitrogen and oxygen atoms in total. The highest BCUT2D eigenvalue weighted by atomic mass is 32.1. The van der Waals surface area contributed by atoms with E-state index in [0.717, 1.165) is 26.1 Å². The third kappa shape index (κ3) is 3.51. The first-order valence-electron chi connectivity index (χ1n) is 9.05. The summed E-state index contributed by atoms with van der Waals surface area (Å²) in [5.41, 5.74) is 2.51. The molecule has 2 bridgehead atoms. The van der Waals surface area contributed by atoms with Gasteiger partial charge in [-0.05, 0) is 19.3 Å². The number of ether oxygens (including phenoxy) is 1. The minimum Gasteiger partial charge on any atom is -0.365 e. The van der Waals surface area contributed by atoms with Crippen LogP contribution in [0.4, 0.5) is 4.79 Å². The largest absolute Gasteiger partial charge is 0.365 e. The molecule has 4 saturated heterocycles. The van der Waals surface area contributed by atoms with Crippen molar-refractivity contribution in [2.75, 3.05) is 39.6 Å². The molecule has 0 spiro atoms. The SMILES string of the molecule is O=C(NOC[C@@H]1C[C@@H](N2CCOC2)CN1)C1CCC2CN1C(=O)N2OS. The Kier molecular flexibility index (Phi) is 5.53. The van der Waals surface area contributed by atoms with Gasteiger partial charge in [0, 0.05) is 44.6 Å². The van der Waals surface area contributed by atoms with Crippen molar-refractivity contribution in [2.45, 2.75) is 43.4 Å². The zero-order valence-electron chi connectivity index (χ0n) is 14.5. The number of nitrogens with zero attached hydrogens (tertiary/aromatic N) is 3. The van der Waals surface area contributed by atoms with E-state index in [1.165, 1.54) is 9.96 Å².